The third-order valence-corrected chi connectivity index (χ3v) is 3.27. The summed E-state index contributed by atoms with van der Waals surface area (Å²) in [5.41, 5.74) is 0. The molecular weight excluding hydrogens is 172 g/mol. The van der Waals surface area contributed by atoms with E-state index in [1.165, 1.54) is 38.9 Å². The van der Waals surface area contributed by atoms with Crippen LogP contribution in [0.4, 0.5) is 0 Å². The van der Waals surface area contributed by atoms with E-state index in [1.54, 1.807) is 0 Å². The number of nitrogens with zero attached hydrogens (tertiary/aromatic N) is 1. The summed E-state index contributed by atoms with van der Waals surface area (Å²) < 4.78 is 0. The van der Waals surface area contributed by atoms with E-state index in [-0.39, 0.29) is 0 Å². The average Bonchev–Trinajstić information content (AvgIpc) is 2.17. The summed E-state index contributed by atoms with van der Waals surface area (Å²) in [6, 6.07) is 0.678. The van der Waals surface area contributed by atoms with Gasteiger partial charge >= 0.3 is 0 Å². The number of likely N-dealkylation sites (tertiary alicyclic amines) is 1. The van der Waals surface area contributed by atoms with Gasteiger partial charge in [-0.25, -0.2) is 0 Å². The van der Waals surface area contributed by atoms with E-state index in [0.717, 1.165) is 12.5 Å². The monoisotopic (exact) mass is 198 g/mol. The maximum absolute atomic E-state index is 3.55. The highest BCUT2D eigenvalue weighted by Crippen LogP contribution is 2.14. The minimum absolute atomic E-state index is 0.678. The van der Waals surface area contributed by atoms with Crippen LogP contribution in [0, 0.1) is 5.92 Å². The van der Waals surface area contributed by atoms with Gasteiger partial charge in [-0.3, -0.25) is 0 Å². The molecule has 84 valence electrons. The molecule has 1 rings (SSSR count). The Kier molecular flexibility index (Phi) is 5.49. The topological polar surface area (TPSA) is 15.3 Å². The lowest BCUT2D eigenvalue weighted by Crippen LogP contribution is -2.40. The number of hydrogen-bond acceptors (Lipinski definition) is 2. The molecule has 1 fully saturated rings. The van der Waals surface area contributed by atoms with Gasteiger partial charge < -0.3 is 10.2 Å². The molecule has 1 aliphatic rings. The third kappa shape index (κ3) is 4.43. The molecule has 0 saturated carbocycles. The van der Waals surface area contributed by atoms with Crippen LogP contribution in [0.3, 0.4) is 0 Å². The fourth-order valence-corrected chi connectivity index (χ4v) is 2.10. The van der Waals surface area contributed by atoms with Gasteiger partial charge in [-0.05, 0) is 38.6 Å². The lowest BCUT2D eigenvalue weighted by atomic mass is 10.0. The van der Waals surface area contributed by atoms with Gasteiger partial charge in [0.25, 0.3) is 0 Å². The van der Waals surface area contributed by atoms with Crippen molar-refractivity contribution >= 4 is 0 Å². The second kappa shape index (κ2) is 6.41. The van der Waals surface area contributed by atoms with Crippen molar-refractivity contribution in [3.05, 3.63) is 0 Å². The van der Waals surface area contributed by atoms with Crippen molar-refractivity contribution in [2.24, 2.45) is 5.92 Å². The van der Waals surface area contributed by atoms with Crippen molar-refractivity contribution in [3.8, 4) is 0 Å². The molecule has 2 unspecified atom stereocenters. The molecule has 0 radical (unpaired) electrons. The molecular formula is C12H26N2. The van der Waals surface area contributed by atoms with E-state index >= 15 is 0 Å². The van der Waals surface area contributed by atoms with Crippen molar-refractivity contribution in [1.82, 2.24) is 10.2 Å². The van der Waals surface area contributed by atoms with Gasteiger partial charge in [-0.2, -0.15) is 0 Å². The van der Waals surface area contributed by atoms with Gasteiger partial charge in [0.2, 0.25) is 0 Å². The number of piperidine rings is 1. The van der Waals surface area contributed by atoms with Gasteiger partial charge in [0.1, 0.15) is 0 Å². The summed E-state index contributed by atoms with van der Waals surface area (Å²) in [4.78, 5) is 2.60. The first-order valence-corrected chi connectivity index (χ1v) is 6.18. The van der Waals surface area contributed by atoms with Crippen LogP contribution in [-0.4, -0.2) is 37.1 Å². The van der Waals surface area contributed by atoms with E-state index in [0.29, 0.717) is 6.04 Å². The van der Waals surface area contributed by atoms with Gasteiger partial charge in [-0.1, -0.05) is 13.8 Å². The highest BCUT2D eigenvalue weighted by molar-refractivity contribution is 4.71. The van der Waals surface area contributed by atoms with Crippen LogP contribution in [-0.2, 0) is 0 Å². The Hall–Kier alpha value is -0.0800. The van der Waals surface area contributed by atoms with Crippen LogP contribution >= 0.6 is 0 Å². The van der Waals surface area contributed by atoms with Crippen molar-refractivity contribution < 1.29 is 0 Å². The minimum Gasteiger partial charge on any atom is -0.313 e. The largest absolute Gasteiger partial charge is 0.313 e. The summed E-state index contributed by atoms with van der Waals surface area (Å²) in [5, 5.41) is 3.55. The average molecular weight is 198 g/mol. The first kappa shape index (κ1) is 12.0. The Morgan fingerprint density at radius 1 is 1.50 bits per heavy atom. The van der Waals surface area contributed by atoms with Crippen molar-refractivity contribution in [1.29, 1.82) is 0 Å². The maximum atomic E-state index is 3.55. The van der Waals surface area contributed by atoms with Crippen LogP contribution in [0.2, 0.25) is 0 Å². The lowest BCUT2D eigenvalue weighted by molar-refractivity contribution is 0.183. The molecule has 2 atom stereocenters. The maximum Gasteiger partial charge on any atom is 0.0107 e. The smallest absolute Gasteiger partial charge is 0.0107 e. The number of hydrogen-bond donors (Lipinski definition) is 1. The van der Waals surface area contributed by atoms with Crippen molar-refractivity contribution in [3.63, 3.8) is 0 Å². The zero-order valence-corrected chi connectivity index (χ0v) is 10.1. The molecule has 0 aromatic rings. The van der Waals surface area contributed by atoms with Crippen LogP contribution in [0.5, 0.6) is 0 Å². The van der Waals surface area contributed by atoms with E-state index in [9.17, 15) is 0 Å². The fourth-order valence-electron chi connectivity index (χ4n) is 2.10. The first-order valence-electron chi connectivity index (χ1n) is 6.18. The van der Waals surface area contributed by atoms with Crippen LogP contribution in [0.25, 0.3) is 0 Å². The molecule has 2 heteroatoms. The van der Waals surface area contributed by atoms with Crippen molar-refractivity contribution in [2.45, 2.75) is 46.1 Å². The Labute approximate surface area is 89.1 Å². The normalized spacial score (nSPS) is 26.4. The predicted octanol–water partition coefficient (Wildman–Crippen LogP) is 2.11. The highest BCUT2D eigenvalue weighted by Gasteiger charge is 2.15. The summed E-state index contributed by atoms with van der Waals surface area (Å²) in [5.74, 6) is 0.910. The molecule has 14 heavy (non-hydrogen) atoms. The summed E-state index contributed by atoms with van der Waals surface area (Å²) in [6.07, 6.45) is 4.05. The zero-order valence-electron chi connectivity index (χ0n) is 10.1. The molecule has 1 N–H and O–H groups in total. The standard InChI is InChI=1S/C12H26N2/c1-4-12(3)13-7-9-14-8-5-6-11(2)10-14/h11-13H,4-10H2,1-3H3. The van der Waals surface area contributed by atoms with Crippen LogP contribution in [0.1, 0.15) is 40.0 Å². The first-order chi connectivity index (χ1) is 6.72. The molecule has 0 aromatic heterocycles. The summed E-state index contributed by atoms with van der Waals surface area (Å²) >= 11 is 0. The molecule has 1 aliphatic heterocycles. The van der Waals surface area contributed by atoms with Gasteiger partial charge in [0.05, 0.1) is 0 Å². The SMILES string of the molecule is CCC(C)NCCN1CCCC(C)C1. The molecule has 1 heterocycles. The van der Waals surface area contributed by atoms with Gasteiger partial charge in [-0.15, -0.1) is 0 Å². The van der Waals surface area contributed by atoms with E-state index in [2.05, 4.69) is 31.0 Å². The number of nitrogens with one attached hydrogen (secondary N) is 1. The second-order valence-electron chi connectivity index (χ2n) is 4.81. The molecule has 1 saturated heterocycles. The quantitative estimate of drug-likeness (QED) is 0.728. The molecule has 0 amide bonds. The summed E-state index contributed by atoms with van der Waals surface area (Å²) in [6.45, 7) is 11.9. The Bertz CT molecular complexity index is 147. The summed E-state index contributed by atoms with van der Waals surface area (Å²) in [7, 11) is 0. The zero-order chi connectivity index (χ0) is 10.4. The van der Waals surface area contributed by atoms with Crippen LogP contribution in [0.15, 0.2) is 0 Å². The fraction of sp³-hybridized carbons (Fsp3) is 1.00. The second-order valence-corrected chi connectivity index (χ2v) is 4.81. The number of rotatable bonds is 5. The van der Waals surface area contributed by atoms with Gasteiger partial charge in [0, 0.05) is 25.7 Å². The highest BCUT2D eigenvalue weighted by atomic mass is 15.1. The molecule has 0 aromatic carbocycles. The Balaban J connectivity index is 2.05. The van der Waals surface area contributed by atoms with Crippen LogP contribution < -0.4 is 5.32 Å². The van der Waals surface area contributed by atoms with E-state index < -0.39 is 0 Å². The Morgan fingerprint density at radius 3 is 2.93 bits per heavy atom. The Morgan fingerprint density at radius 2 is 2.29 bits per heavy atom. The third-order valence-electron chi connectivity index (χ3n) is 3.27. The molecule has 2 nitrogen and oxygen atoms in total. The minimum atomic E-state index is 0.678. The lowest BCUT2D eigenvalue weighted by Gasteiger charge is -2.31. The molecule has 0 aliphatic carbocycles. The van der Waals surface area contributed by atoms with Crippen molar-refractivity contribution in [2.75, 3.05) is 26.2 Å². The van der Waals surface area contributed by atoms with Gasteiger partial charge in [0.15, 0.2) is 0 Å². The molecule has 0 spiro atoms. The molecule has 0 bridgehead atoms. The van der Waals surface area contributed by atoms with E-state index in [4.69, 9.17) is 0 Å². The predicted molar refractivity (Wildman–Crippen MR) is 62.6 cm³/mol. The van der Waals surface area contributed by atoms with E-state index in [1.807, 2.05) is 0 Å².